The van der Waals surface area contributed by atoms with Crippen molar-refractivity contribution in [1.82, 2.24) is 0 Å². The zero-order valence-corrected chi connectivity index (χ0v) is 10.2. The van der Waals surface area contributed by atoms with Crippen molar-refractivity contribution in [3.8, 4) is 0 Å². The minimum absolute atomic E-state index is 0.575. The van der Waals surface area contributed by atoms with Gasteiger partial charge in [0.25, 0.3) is 0 Å². The summed E-state index contributed by atoms with van der Waals surface area (Å²) in [7, 11) is 0. The lowest BCUT2D eigenvalue weighted by atomic mass is 10.1. The predicted octanol–water partition coefficient (Wildman–Crippen LogP) is 3.64. The molecule has 1 atom stereocenters. The molecule has 2 aromatic rings. The van der Waals surface area contributed by atoms with Gasteiger partial charge in [-0.3, -0.25) is 0 Å². The Labute approximate surface area is 100 Å². The monoisotopic (exact) mass is 229 g/mol. The first-order valence-electron chi connectivity index (χ1n) is 5.69. The first-order valence-corrected chi connectivity index (χ1v) is 6.63. The molecule has 2 heteroatoms. The van der Waals surface area contributed by atoms with Crippen LogP contribution in [0, 0.1) is 6.92 Å². The molecule has 0 aliphatic heterocycles. The molecule has 0 saturated carbocycles. The first kappa shape index (κ1) is 9.91. The summed E-state index contributed by atoms with van der Waals surface area (Å²) in [4.78, 5) is 0. The first-order chi connectivity index (χ1) is 7.83. The molecule has 1 heterocycles. The summed E-state index contributed by atoms with van der Waals surface area (Å²) >= 11 is 1.75. The van der Waals surface area contributed by atoms with Crippen LogP contribution in [0.4, 0.5) is 5.69 Å². The molecule has 16 heavy (non-hydrogen) atoms. The lowest BCUT2D eigenvalue weighted by Crippen LogP contribution is -2.18. The summed E-state index contributed by atoms with van der Waals surface area (Å²) in [6.45, 7) is 2.21. The number of fused-ring (bicyclic) bond motifs is 1. The van der Waals surface area contributed by atoms with Crippen molar-refractivity contribution in [3.63, 3.8) is 0 Å². The van der Waals surface area contributed by atoms with E-state index in [1.54, 1.807) is 16.9 Å². The molecule has 1 aliphatic carbocycles. The summed E-state index contributed by atoms with van der Waals surface area (Å²) < 4.78 is 0. The molecule has 1 aromatic heterocycles. The second kappa shape index (κ2) is 3.95. The van der Waals surface area contributed by atoms with Gasteiger partial charge < -0.3 is 5.32 Å². The van der Waals surface area contributed by atoms with Crippen molar-refractivity contribution in [3.05, 3.63) is 51.7 Å². The lowest BCUT2D eigenvalue weighted by Gasteiger charge is -2.11. The largest absolute Gasteiger partial charge is 0.381 e. The van der Waals surface area contributed by atoms with E-state index in [4.69, 9.17) is 0 Å². The molecule has 3 rings (SSSR count). The Kier molecular flexibility index (Phi) is 2.44. The SMILES string of the molecule is Cc1cccc2c1CC(Nc1ccsc1)C2. The summed E-state index contributed by atoms with van der Waals surface area (Å²) in [5, 5.41) is 7.90. The van der Waals surface area contributed by atoms with Gasteiger partial charge in [-0.1, -0.05) is 18.2 Å². The fourth-order valence-corrected chi connectivity index (χ4v) is 3.11. The number of hydrogen-bond acceptors (Lipinski definition) is 2. The van der Waals surface area contributed by atoms with Crippen LogP contribution in [0.3, 0.4) is 0 Å². The number of benzene rings is 1. The number of aryl methyl sites for hydroxylation is 1. The molecule has 0 saturated heterocycles. The molecule has 0 amide bonds. The molecule has 1 nitrogen and oxygen atoms in total. The number of rotatable bonds is 2. The van der Waals surface area contributed by atoms with Gasteiger partial charge >= 0.3 is 0 Å². The van der Waals surface area contributed by atoms with Crippen LogP contribution in [-0.4, -0.2) is 6.04 Å². The Morgan fingerprint density at radius 2 is 2.19 bits per heavy atom. The van der Waals surface area contributed by atoms with Crippen molar-refractivity contribution in [2.24, 2.45) is 0 Å². The minimum atomic E-state index is 0.575. The third-order valence-corrected chi connectivity index (χ3v) is 4.00. The van der Waals surface area contributed by atoms with Crippen LogP contribution in [0.2, 0.25) is 0 Å². The van der Waals surface area contributed by atoms with Crippen LogP contribution in [0.15, 0.2) is 35.0 Å². The zero-order valence-electron chi connectivity index (χ0n) is 9.36. The molecule has 1 N–H and O–H groups in total. The molecule has 1 unspecified atom stereocenters. The van der Waals surface area contributed by atoms with E-state index in [9.17, 15) is 0 Å². The van der Waals surface area contributed by atoms with E-state index >= 15 is 0 Å². The maximum atomic E-state index is 3.61. The van der Waals surface area contributed by atoms with Gasteiger partial charge in [-0.25, -0.2) is 0 Å². The molecular weight excluding hydrogens is 214 g/mol. The van der Waals surface area contributed by atoms with Crippen molar-refractivity contribution in [2.45, 2.75) is 25.8 Å². The maximum absolute atomic E-state index is 3.61. The molecule has 0 radical (unpaired) electrons. The van der Waals surface area contributed by atoms with Crippen LogP contribution in [-0.2, 0) is 12.8 Å². The van der Waals surface area contributed by atoms with Gasteiger partial charge in [0.05, 0.1) is 0 Å². The smallest absolute Gasteiger partial charge is 0.0451 e. The van der Waals surface area contributed by atoms with Crippen molar-refractivity contribution in [2.75, 3.05) is 5.32 Å². The highest BCUT2D eigenvalue weighted by atomic mass is 32.1. The minimum Gasteiger partial charge on any atom is -0.381 e. The Morgan fingerprint density at radius 1 is 1.25 bits per heavy atom. The third-order valence-electron chi connectivity index (χ3n) is 3.32. The van der Waals surface area contributed by atoms with Crippen LogP contribution >= 0.6 is 11.3 Å². The van der Waals surface area contributed by atoms with Crippen LogP contribution in [0.5, 0.6) is 0 Å². The Morgan fingerprint density at radius 3 is 2.94 bits per heavy atom. The molecule has 0 spiro atoms. The van der Waals surface area contributed by atoms with E-state index < -0.39 is 0 Å². The number of thiophene rings is 1. The van der Waals surface area contributed by atoms with Gasteiger partial charge in [0.2, 0.25) is 0 Å². The second-order valence-electron chi connectivity index (χ2n) is 4.47. The zero-order chi connectivity index (χ0) is 11.0. The Hall–Kier alpha value is -1.28. The van der Waals surface area contributed by atoms with Gasteiger partial charge in [-0.15, -0.1) is 0 Å². The van der Waals surface area contributed by atoms with Gasteiger partial charge in [0.15, 0.2) is 0 Å². The highest BCUT2D eigenvalue weighted by Crippen LogP contribution is 2.27. The van der Waals surface area contributed by atoms with Gasteiger partial charge in [-0.2, -0.15) is 11.3 Å². The average Bonchev–Trinajstić information content (AvgIpc) is 2.88. The molecular formula is C14H15NS. The maximum Gasteiger partial charge on any atom is 0.0451 e. The number of hydrogen-bond donors (Lipinski definition) is 1. The van der Waals surface area contributed by atoms with Gasteiger partial charge in [0, 0.05) is 17.1 Å². The summed E-state index contributed by atoms with van der Waals surface area (Å²) in [5.74, 6) is 0. The van der Waals surface area contributed by atoms with Gasteiger partial charge in [-0.05, 0) is 47.9 Å². The number of anilines is 1. The highest BCUT2D eigenvalue weighted by Gasteiger charge is 2.22. The van der Waals surface area contributed by atoms with Crippen LogP contribution in [0.1, 0.15) is 16.7 Å². The van der Waals surface area contributed by atoms with Crippen molar-refractivity contribution in [1.29, 1.82) is 0 Å². The van der Waals surface area contributed by atoms with E-state index in [0.29, 0.717) is 6.04 Å². The number of nitrogens with one attached hydrogen (secondary N) is 1. The molecule has 0 bridgehead atoms. The topological polar surface area (TPSA) is 12.0 Å². The fourth-order valence-electron chi connectivity index (χ4n) is 2.51. The van der Waals surface area contributed by atoms with E-state index in [0.717, 1.165) is 12.8 Å². The average molecular weight is 229 g/mol. The molecule has 1 aliphatic rings. The van der Waals surface area contributed by atoms with E-state index in [1.165, 1.54) is 16.8 Å². The molecule has 1 aromatic carbocycles. The Bertz CT molecular complexity index is 487. The van der Waals surface area contributed by atoms with Gasteiger partial charge in [0.1, 0.15) is 0 Å². The molecule has 0 fully saturated rings. The lowest BCUT2D eigenvalue weighted by molar-refractivity contribution is 0.774. The molecule has 82 valence electrons. The summed E-state index contributed by atoms with van der Waals surface area (Å²) in [6, 6.07) is 9.37. The van der Waals surface area contributed by atoms with E-state index in [2.05, 4.69) is 47.3 Å². The van der Waals surface area contributed by atoms with Crippen LogP contribution < -0.4 is 5.32 Å². The highest BCUT2D eigenvalue weighted by molar-refractivity contribution is 7.08. The van der Waals surface area contributed by atoms with E-state index in [-0.39, 0.29) is 0 Å². The summed E-state index contributed by atoms with van der Waals surface area (Å²) in [6.07, 6.45) is 2.32. The Balaban J connectivity index is 1.78. The van der Waals surface area contributed by atoms with Crippen molar-refractivity contribution >= 4 is 17.0 Å². The second-order valence-corrected chi connectivity index (χ2v) is 5.25. The predicted molar refractivity (Wildman–Crippen MR) is 70.3 cm³/mol. The summed E-state index contributed by atoms with van der Waals surface area (Å²) in [5.41, 5.74) is 5.77. The van der Waals surface area contributed by atoms with E-state index in [1.807, 2.05) is 0 Å². The quantitative estimate of drug-likeness (QED) is 0.829. The van der Waals surface area contributed by atoms with Crippen LogP contribution in [0.25, 0.3) is 0 Å². The fraction of sp³-hybridized carbons (Fsp3) is 0.286. The third kappa shape index (κ3) is 1.74. The normalized spacial score (nSPS) is 18.4. The standard InChI is InChI=1S/C14H15NS/c1-10-3-2-4-11-7-13(8-14(10)11)15-12-5-6-16-9-12/h2-6,9,13,15H,7-8H2,1H3. The van der Waals surface area contributed by atoms with Crippen molar-refractivity contribution < 1.29 is 0 Å².